The zero-order valence-electron chi connectivity index (χ0n) is 26.0. The molecule has 7 nitrogen and oxygen atoms in total. The molecule has 4 aromatic rings. The molecule has 3 aliphatic heterocycles. The van der Waals surface area contributed by atoms with Gasteiger partial charge < -0.3 is 20.0 Å². The summed E-state index contributed by atoms with van der Waals surface area (Å²) in [4.78, 5) is 26.6. The van der Waals surface area contributed by atoms with Gasteiger partial charge in [0, 0.05) is 49.8 Å². The van der Waals surface area contributed by atoms with Crippen LogP contribution in [-0.4, -0.2) is 66.0 Å². The molecule has 45 heavy (non-hydrogen) atoms. The summed E-state index contributed by atoms with van der Waals surface area (Å²) in [5.41, 5.74) is 6.70. The molecule has 7 heteroatoms. The quantitative estimate of drug-likeness (QED) is 0.234. The third-order valence-corrected chi connectivity index (χ3v) is 9.84. The lowest BCUT2D eigenvalue weighted by molar-refractivity contribution is 0.0710. The summed E-state index contributed by atoms with van der Waals surface area (Å²) in [6.07, 6.45) is 8.38. The second-order valence-electron chi connectivity index (χ2n) is 12.8. The van der Waals surface area contributed by atoms with Crippen molar-refractivity contribution in [1.29, 1.82) is 5.26 Å². The minimum absolute atomic E-state index is 0.0952. The van der Waals surface area contributed by atoms with Gasteiger partial charge in [-0.1, -0.05) is 36.4 Å². The first kappa shape index (κ1) is 29.3. The molecule has 1 atom stereocenters. The Morgan fingerprint density at radius 2 is 1.60 bits per heavy atom. The molecule has 0 bridgehead atoms. The van der Waals surface area contributed by atoms with Crippen molar-refractivity contribution in [2.24, 2.45) is 0 Å². The Labute approximate surface area is 266 Å². The topological polar surface area (TPSA) is 75.5 Å². The first-order valence-electron chi connectivity index (χ1n) is 16.7. The molecule has 3 saturated heterocycles. The number of nitrogens with zero attached hydrogens (tertiary/aromatic N) is 5. The summed E-state index contributed by atoms with van der Waals surface area (Å²) in [6.45, 7) is 6.87. The van der Waals surface area contributed by atoms with Gasteiger partial charge in [0.15, 0.2) is 0 Å². The van der Waals surface area contributed by atoms with Crippen LogP contribution in [0.5, 0.6) is 0 Å². The van der Waals surface area contributed by atoms with Crippen LogP contribution in [0.3, 0.4) is 0 Å². The Morgan fingerprint density at radius 1 is 0.844 bits per heavy atom. The van der Waals surface area contributed by atoms with E-state index < -0.39 is 0 Å². The van der Waals surface area contributed by atoms with E-state index in [4.69, 9.17) is 4.98 Å². The zero-order valence-corrected chi connectivity index (χ0v) is 26.0. The molecule has 1 aromatic heterocycles. The van der Waals surface area contributed by atoms with Crippen LogP contribution in [0.1, 0.15) is 66.4 Å². The molecule has 1 N–H and O–H groups in total. The number of nitriles is 1. The van der Waals surface area contributed by atoms with Gasteiger partial charge >= 0.3 is 0 Å². The highest BCUT2D eigenvalue weighted by Crippen LogP contribution is 2.32. The summed E-state index contributed by atoms with van der Waals surface area (Å²) < 4.78 is 0. The Hall–Kier alpha value is -4.41. The predicted octanol–water partition coefficient (Wildman–Crippen LogP) is 7.08. The van der Waals surface area contributed by atoms with Crippen LogP contribution in [-0.2, 0) is 6.54 Å². The number of fused-ring (bicyclic) bond motifs is 1. The first-order chi connectivity index (χ1) is 22.2. The Morgan fingerprint density at radius 3 is 2.40 bits per heavy atom. The zero-order chi connectivity index (χ0) is 30.6. The fourth-order valence-electron chi connectivity index (χ4n) is 7.41. The van der Waals surface area contributed by atoms with Crippen molar-refractivity contribution in [3.63, 3.8) is 0 Å². The van der Waals surface area contributed by atoms with E-state index in [1.165, 1.54) is 43.4 Å². The largest absolute Gasteiger partial charge is 0.371 e. The van der Waals surface area contributed by atoms with E-state index in [0.29, 0.717) is 17.7 Å². The van der Waals surface area contributed by atoms with Crippen LogP contribution >= 0.6 is 0 Å². The van der Waals surface area contributed by atoms with Crippen molar-refractivity contribution in [2.45, 2.75) is 57.5 Å². The monoisotopic (exact) mass is 598 g/mol. The molecule has 3 aromatic carbocycles. The molecule has 3 fully saturated rings. The summed E-state index contributed by atoms with van der Waals surface area (Å²) in [5, 5.41) is 13.7. The number of hydrogen-bond acceptors (Lipinski definition) is 6. The number of pyridine rings is 1. The van der Waals surface area contributed by atoms with Gasteiger partial charge in [-0.15, -0.1) is 0 Å². The number of carbonyl (C=O) groups is 1. The Kier molecular flexibility index (Phi) is 8.66. The maximum atomic E-state index is 14.5. The highest BCUT2D eigenvalue weighted by molar-refractivity contribution is 6.08. The van der Waals surface area contributed by atoms with Crippen LogP contribution < -0.4 is 10.2 Å². The minimum atomic E-state index is 0.0952. The molecule has 0 radical (unpaired) electrons. The van der Waals surface area contributed by atoms with Gasteiger partial charge in [0.1, 0.15) is 5.82 Å². The molecule has 0 saturated carbocycles. The van der Waals surface area contributed by atoms with Crippen molar-refractivity contribution in [3.05, 3.63) is 89.5 Å². The number of benzene rings is 3. The maximum absolute atomic E-state index is 14.5. The molecular formula is C38H42N6O. The van der Waals surface area contributed by atoms with Crippen LogP contribution in [0.4, 0.5) is 11.5 Å². The van der Waals surface area contributed by atoms with Gasteiger partial charge in [0.25, 0.3) is 5.91 Å². The van der Waals surface area contributed by atoms with E-state index in [2.05, 4.69) is 62.5 Å². The normalized spacial score (nSPS) is 18.8. The number of likely N-dealkylation sites (tertiary alicyclic amines) is 2. The van der Waals surface area contributed by atoms with Gasteiger partial charge in [-0.3, -0.25) is 4.79 Å². The summed E-state index contributed by atoms with van der Waals surface area (Å²) in [7, 11) is 0. The van der Waals surface area contributed by atoms with Crippen molar-refractivity contribution in [1.82, 2.24) is 14.8 Å². The fraction of sp³-hybridized carbons (Fsp3) is 0.395. The number of anilines is 2. The number of piperidine rings is 1. The molecule has 3 aliphatic rings. The third kappa shape index (κ3) is 6.39. The number of carbonyl (C=O) groups excluding carboxylic acids is 1. The summed E-state index contributed by atoms with van der Waals surface area (Å²) in [5.74, 6) is 0.818. The molecule has 4 heterocycles. The third-order valence-electron chi connectivity index (χ3n) is 9.84. The van der Waals surface area contributed by atoms with Crippen molar-refractivity contribution < 1.29 is 4.79 Å². The number of para-hydroxylation sites is 1. The smallest absolute Gasteiger partial charge is 0.254 e. The van der Waals surface area contributed by atoms with E-state index in [0.717, 1.165) is 80.0 Å². The molecule has 1 amide bonds. The second kappa shape index (κ2) is 13.3. The van der Waals surface area contributed by atoms with E-state index in [-0.39, 0.29) is 11.9 Å². The second-order valence-corrected chi connectivity index (χ2v) is 12.8. The molecule has 230 valence electrons. The number of hydrogen-bond donors (Lipinski definition) is 1. The lowest BCUT2D eigenvalue weighted by Crippen LogP contribution is -2.42. The van der Waals surface area contributed by atoms with Crippen LogP contribution in [0.25, 0.3) is 22.0 Å². The van der Waals surface area contributed by atoms with E-state index in [1.54, 1.807) is 0 Å². The van der Waals surface area contributed by atoms with E-state index >= 15 is 0 Å². The van der Waals surface area contributed by atoms with Gasteiger partial charge in [-0.2, -0.15) is 5.26 Å². The summed E-state index contributed by atoms with van der Waals surface area (Å²) >= 11 is 0. The van der Waals surface area contributed by atoms with Crippen molar-refractivity contribution in [3.8, 4) is 17.2 Å². The van der Waals surface area contributed by atoms with E-state index in [9.17, 15) is 10.1 Å². The average molecular weight is 599 g/mol. The lowest BCUT2D eigenvalue weighted by Gasteiger charge is -2.30. The SMILES string of the molecule is N#Cc1ccc(-c2ccc3nc(NCc4ccccc4N4CCCCC4)cc(C(=O)N4CCC[C@H]4CN4CCCC4)c3c2)cc1. The average Bonchev–Trinajstić information content (AvgIpc) is 3.80. The Balaban J connectivity index is 1.22. The minimum Gasteiger partial charge on any atom is -0.371 e. The first-order valence-corrected chi connectivity index (χ1v) is 16.7. The molecule has 0 aliphatic carbocycles. The van der Waals surface area contributed by atoms with Gasteiger partial charge in [-0.05, 0) is 111 Å². The van der Waals surface area contributed by atoms with Gasteiger partial charge in [0.2, 0.25) is 0 Å². The standard InChI is InChI=1S/C38H42N6O/c39-25-28-12-14-29(15-13-28)30-16-17-35-33(23-30)34(38(45)44-22-8-10-32(44)27-42-18-6-7-19-42)24-37(41-35)40-26-31-9-2-3-11-36(31)43-20-4-1-5-21-43/h2-3,9,11-17,23-24,32H,1,4-8,10,18-22,26-27H2,(H,40,41)/t32-/m0/s1. The molecular weight excluding hydrogens is 556 g/mol. The number of rotatable bonds is 8. The highest BCUT2D eigenvalue weighted by Gasteiger charge is 2.32. The Bertz CT molecular complexity index is 1700. The van der Waals surface area contributed by atoms with Crippen LogP contribution in [0, 0.1) is 11.3 Å². The molecule has 0 spiro atoms. The number of amides is 1. The van der Waals surface area contributed by atoms with Gasteiger partial charge in [-0.25, -0.2) is 4.98 Å². The number of nitrogens with one attached hydrogen (secondary N) is 1. The fourth-order valence-corrected chi connectivity index (χ4v) is 7.41. The summed E-state index contributed by atoms with van der Waals surface area (Å²) in [6, 6.07) is 26.9. The lowest BCUT2D eigenvalue weighted by atomic mass is 9.99. The van der Waals surface area contributed by atoms with Crippen molar-refractivity contribution >= 4 is 28.3 Å². The van der Waals surface area contributed by atoms with Crippen LogP contribution in [0.15, 0.2) is 72.8 Å². The molecule has 7 rings (SSSR count). The van der Waals surface area contributed by atoms with Crippen LogP contribution in [0.2, 0.25) is 0 Å². The highest BCUT2D eigenvalue weighted by atomic mass is 16.2. The van der Waals surface area contributed by atoms with Crippen molar-refractivity contribution in [2.75, 3.05) is 49.5 Å². The maximum Gasteiger partial charge on any atom is 0.254 e. The van der Waals surface area contributed by atoms with E-state index in [1.807, 2.05) is 36.4 Å². The number of aromatic nitrogens is 1. The van der Waals surface area contributed by atoms with Gasteiger partial charge in [0.05, 0.1) is 22.7 Å². The molecule has 0 unspecified atom stereocenters. The predicted molar refractivity (Wildman–Crippen MR) is 181 cm³/mol.